The van der Waals surface area contributed by atoms with E-state index in [1.54, 1.807) is 7.11 Å². The molecule has 0 atom stereocenters. The molecule has 72 valence electrons. The van der Waals surface area contributed by atoms with Gasteiger partial charge < -0.3 is 10.5 Å². The number of ether oxygens (including phenoxy) is 1. The highest BCUT2D eigenvalue weighted by Gasteiger charge is 2.04. The molecule has 2 nitrogen and oxygen atoms in total. The molecule has 0 spiro atoms. The van der Waals surface area contributed by atoms with Crippen molar-refractivity contribution in [3.63, 3.8) is 0 Å². The van der Waals surface area contributed by atoms with Crippen LogP contribution < -0.4 is 5.73 Å². The highest BCUT2D eigenvalue weighted by Crippen LogP contribution is 2.21. The molecule has 3 heteroatoms. The maximum absolute atomic E-state index is 5.53. The number of hydrogen-bond acceptors (Lipinski definition) is 2. The Hall–Kier alpha value is -0.380. The summed E-state index contributed by atoms with van der Waals surface area (Å²) in [5.74, 6) is 0. The number of nitrogens with two attached hydrogens (primary N) is 1. The van der Waals surface area contributed by atoms with Crippen LogP contribution in [0, 0.1) is 0 Å². The molecule has 0 saturated carbocycles. The van der Waals surface area contributed by atoms with E-state index in [0.29, 0.717) is 13.2 Å². The summed E-state index contributed by atoms with van der Waals surface area (Å²) in [6, 6.07) is 6.11. The molecular weight excluding hydrogens is 230 g/mol. The molecule has 0 fully saturated rings. The lowest BCUT2D eigenvalue weighted by molar-refractivity contribution is 0.184. The minimum atomic E-state index is 0.648. The molecular formula is C10H14BrNO. The number of benzene rings is 1. The molecule has 0 saturated heterocycles. The maximum atomic E-state index is 5.53. The lowest BCUT2D eigenvalue weighted by atomic mass is 10.1. The molecule has 0 bridgehead atoms. The van der Waals surface area contributed by atoms with E-state index in [-0.39, 0.29) is 0 Å². The van der Waals surface area contributed by atoms with Gasteiger partial charge in [0.25, 0.3) is 0 Å². The van der Waals surface area contributed by atoms with Gasteiger partial charge in [0.05, 0.1) is 6.61 Å². The third-order valence-corrected chi connectivity index (χ3v) is 2.65. The molecule has 0 aliphatic carbocycles. The highest BCUT2D eigenvalue weighted by atomic mass is 79.9. The lowest BCUT2D eigenvalue weighted by Crippen LogP contribution is -2.06. The van der Waals surface area contributed by atoms with E-state index in [4.69, 9.17) is 10.5 Å². The van der Waals surface area contributed by atoms with Gasteiger partial charge in [0, 0.05) is 11.6 Å². The monoisotopic (exact) mass is 243 g/mol. The van der Waals surface area contributed by atoms with Crippen LogP contribution in [0.3, 0.4) is 0 Å². The number of hydrogen-bond donors (Lipinski definition) is 1. The van der Waals surface area contributed by atoms with Gasteiger partial charge in [0.15, 0.2) is 0 Å². The third-order valence-electron chi connectivity index (χ3n) is 1.91. The van der Waals surface area contributed by atoms with Crippen LogP contribution in [0.2, 0.25) is 0 Å². The van der Waals surface area contributed by atoms with Crippen molar-refractivity contribution < 1.29 is 4.74 Å². The van der Waals surface area contributed by atoms with E-state index < -0.39 is 0 Å². The van der Waals surface area contributed by atoms with E-state index in [1.807, 2.05) is 12.1 Å². The Morgan fingerprint density at radius 1 is 1.46 bits per heavy atom. The minimum absolute atomic E-state index is 0.648. The summed E-state index contributed by atoms with van der Waals surface area (Å²) < 4.78 is 6.23. The molecule has 0 unspecified atom stereocenters. The molecule has 0 amide bonds. The topological polar surface area (TPSA) is 35.2 Å². The molecule has 2 N–H and O–H groups in total. The molecule has 0 aliphatic rings. The quantitative estimate of drug-likeness (QED) is 0.880. The van der Waals surface area contributed by atoms with E-state index in [9.17, 15) is 0 Å². The SMILES string of the molecule is COCc1cccc(Br)c1CCN. The second-order valence-electron chi connectivity index (χ2n) is 2.85. The highest BCUT2D eigenvalue weighted by molar-refractivity contribution is 9.10. The predicted molar refractivity (Wildman–Crippen MR) is 57.6 cm³/mol. The van der Waals surface area contributed by atoms with Gasteiger partial charge in [-0.1, -0.05) is 28.1 Å². The summed E-state index contributed by atoms with van der Waals surface area (Å²) in [6.45, 7) is 1.31. The van der Waals surface area contributed by atoms with E-state index in [2.05, 4.69) is 22.0 Å². The Bertz CT molecular complexity index is 276. The second kappa shape index (κ2) is 5.37. The Morgan fingerprint density at radius 3 is 2.85 bits per heavy atom. The summed E-state index contributed by atoms with van der Waals surface area (Å²) in [5, 5.41) is 0. The summed E-state index contributed by atoms with van der Waals surface area (Å²) in [7, 11) is 1.70. The number of halogens is 1. The van der Waals surface area contributed by atoms with Crippen LogP contribution in [0.5, 0.6) is 0 Å². The van der Waals surface area contributed by atoms with Crippen molar-refractivity contribution in [1.82, 2.24) is 0 Å². The van der Waals surface area contributed by atoms with Crippen molar-refractivity contribution in [2.24, 2.45) is 5.73 Å². The van der Waals surface area contributed by atoms with Gasteiger partial charge in [-0.15, -0.1) is 0 Å². The molecule has 1 aromatic carbocycles. The Balaban J connectivity index is 2.95. The van der Waals surface area contributed by atoms with Gasteiger partial charge in [-0.2, -0.15) is 0 Å². The van der Waals surface area contributed by atoms with Crippen LogP contribution >= 0.6 is 15.9 Å². The van der Waals surface area contributed by atoms with Gasteiger partial charge >= 0.3 is 0 Å². The fraction of sp³-hybridized carbons (Fsp3) is 0.400. The van der Waals surface area contributed by atoms with Gasteiger partial charge in [-0.3, -0.25) is 0 Å². The first-order valence-corrected chi connectivity index (χ1v) is 5.04. The zero-order valence-electron chi connectivity index (χ0n) is 7.72. The Labute approximate surface area is 87.2 Å². The van der Waals surface area contributed by atoms with E-state index in [0.717, 1.165) is 10.9 Å². The average molecular weight is 244 g/mol. The van der Waals surface area contributed by atoms with Crippen LogP contribution in [0.15, 0.2) is 22.7 Å². The molecule has 0 heterocycles. The fourth-order valence-electron chi connectivity index (χ4n) is 1.32. The summed E-state index contributed by atoms with van der Waals surface area (Å²) in [4.78, 5) is 0. The van der Waals surface area contributed by atoms with E-state index >= 15 is 0 Å². The van der Waals surface area contributed by atoms with Crippen molar-refractivity contribution in [2.45, 2.75) is 13.0 Å². The first-order chi connectivity index (χ1) is 6.29. The van der Waals surface area contributed by atoms with Gasteiger partial charge in [-0.05, 0) is 30.2 Å². The number of rotatable bonds is 4. The van der Waals surface area contributed by atoms with Gasteiger partial charge in [-0.25, -0.2) is 0 Å². The fourth-order valence-corrected chi connectivity index (χ4v) is 1.92. The zero-order valence-corrected chi connectivity index (χ0v) is 9.30. The largest absolute Gasteiger partial charge is 0.380 e. The van der Waals surface area contributed by atoms with E-state index in [1.165, 1.54) is 11.1 Å². The Kier molecular flexibility index (Phi) is 4.42. The maximum Gasteiger partial charge on any atom is 0.0716 e. The molecule has 0 aliphatic heterocycles. The van der Waals surface area contributed by atoms with Crippen molar-refractivity contribution >= 4 is 15.9 Å². The van der Waals surface area contributed by atoms with Crippen molar-refractivity contribution in [2.75, 3.05) is 13.7 Å². The van der Waals surface area contributed by atoms with Gasteiger partial charge in [0.1, 0.15) is 0 Å². The standard InChI is InChI=1S/C10H14BrNO/c1-13-7-8-3-2-4-10(11)9(8)5-6-12/h2-4H,5-7,12H2,1H3. The molecule has 0 radical (unpaired) electrons. The van der Waals surface area contributed by atoms with Crippen LogP contribution in [0.4, 0.5) is 0 Å². The second-order valence-corrected chi connectivity index (χ2v) is 3.70. The predicted octanol–water partition coefficient (Wildman–Crippen LogP) is 2.10. The van der Waals surface area contributed by atoms with Crippen LogP contribution in [0.1, 0.15) is 11.1 Å². The van der Waals surface area contributed by atoms with Crippen molar-refractivity contribution in [3.05, 3.63) is 33.8 Å². The summed E-state index contributed by atoms with van der Waals surface area (Å²) in [5.41, 5.74) is 8.00. The summed E-state index contributed by atoms with van der Waals surface area (Å²) >= 11 is 3.51. The smallest absolute Gasteiger partial charge is 0.0716 e. The van der Waals surface area contributed by atoms with Crippen molar-refractivity contribution in [3.8, 4) is 0 Å². The molecule has 1 rings (SSSR count). The summed E-state index contributed by atoms with van der Waals surface area (Å²) in [6.07, 6.45) is 0.889. The van der Waals surface area contributed by atoms with Crippen LogP contribution in [-0.2, 0) is 17.8 Å². The molecule has 13 heavy (non-hydrogen) atoms. The minimum Gasteiger partial charge on any atom is -0.380 e. The lowest BCUT2D eigenvalue weighted by Gasteiger charge is -2.09. The van der Waals surface area contributed by atoms with Crippen LogP contribution in [-0.4, -0.2) is 13.7 Å². The molecule has 1 aromatic rings. The zero-order chi connectivity index (χ0) is 9.68. The molecule has 0 aromatic heterocycles. The first kappa shape index (κ1) is 10.7. The number of methoxy groups -OCH3 is 1. The average Bonchev–Trinajstić information content (AvgIpc) is 2.11. The first-order valence-electron chi connectivity index (χ1n) is 4.25. The van der Waals surface area contributed by atoms with Crippen molar-refractivity contribution in [1.29, 1.82) is 0 Å². The Morgan fingerprint density at radius 2 is 2.23 bits per heavy atom. The third kappa shape index (κ3) is 2.79. The normalized spacial score (nSPS) is 10.4. The van der Waals surface area contributed by atoms with Gasteiger partial charge in [0.2, 0.25) is 0 Å². The van der Waals surface area contributed by atoms with Crippen LogP contribution in [0.25, 0.3) is 0 Å².